The smallest absolute Gasteiger partial charge is 0.0560 e. The minimum atomic E-state index is 0.350. The van der Waals surface area contributed by atoms with Crippen molar-refractivity contribution in [1.29, 1.82) is 0 Å². The van der Waals surface area contributed by atoms with E-state index in [0.29, 0.717) is 11.8 Å². The molecule has 0 radical (unpaired) electrons. The Morgan fingerprint density at radius 1 is 1.35 bits per heavy atom. The monoisotopic (exact) mass is 327 g/mol. The molecular formula is C13H14BrNS2. The third kappa shape index (κ3) is 3.58. The lowest BCUT2D eigenvalue weighted by Crippen LogP contribution is -2.07. The van der Waals surface area contributed by atoms with Gasteiger partial charge in [0.1, 0.15) is 0 Å². The Balaban J connectivity index is 2.15. The van der Waals surface area contributed by atoms with Crippen molar-refractivity contribution in [2.75, 3.05) is 6.54 Å². The number of halogens is 1. The van der Waals surface area contributed by atoms with Crippen molar-refractivity contribution in [3.8, 4) is 0 Å². The van der Waals surface area contributed by atoms with Crippen LogP contribution in [-0.4, -0.2) is 6.54 Å². The molecule has 0 fully saturated rings. The van der Waals surface area contributed by atoms with E-state index in [9.17, 15) is 0 Å². The van der Waals surface area contributed by atoms with Crippen LogP contribution in [0.1, 0.15) is 15.0 Å². The van der Waals surface area contributed by atoms with E-state index in [4.69, 9.17) is 5.73 Å². The topological polar surface area (TPSA) is 26.0 Å². The van der Waals surface area contributed by atoms with Crippen LogP contribution >= 0.6 is 39.0 Å². The van der Waals surface area contributed by atoms with E-state index < -0.39 is 0 Å². The number of thiophene rings is 1. The minimum absolute atomic E-state index is 0.350. The maximum absolute atomic E-state index is 5.87. The zero-order chi connectivity index (χ0) is 12.3. The molecule has 0 saturated carbocycles. The quantitative estimate of drug-likeness (QED) is 0.830. The third-order valence-corrected chi connectivity index (χ3v) is 5.38. The lowest BCUT2D eigenvalue weighted by molar-refractivity contribution is 0.960. The van der Waals surface area contributed by atoms with Gasteiger partial charge in [0.15, 0.2) is 0 Å². The van der Waals surface area contributed by atoms with Gasteiger partial charge in [-0.2, -0.15) is 0 Å². The molecule has 0 aliphatic rings. The number of benzene rings is 1. The molecule has 0 aliphatic heterocycles. The number of rotatable bonds is 4. The lowest BCUT2D eigenvalue weighted by Gasteiger charge is -2.12. The molecule has 0 spiro atoms. The molecule has 2 rings (SSSR count). The second-order valence-electron chi connectivity index (χ2n) is 3.75. The first-order valence-corrected chi connectivity index (χ1v) is 7.86. The van der Waals surface area contributed by atoms with E-state index in [1.165, 1.54) is 14.6 Å². The molecule has 1 heterocycles. The molecule has 2 aromatic rings. The van der Waals surface area contributed by atoms with Crippen molar-refractivity contribution in [3.63, 3.8) is 0 Å². The summed E-state index contributed by atoms with van der Waals surface area (Å²) in [4.78, 5) is 3.95. The van der Waals surface area contributed by atoms with Crippen molar-refractivity contribution < 1.29 is 0 Å². The van der Waals surface area contributed by atoms with Gasteiger partial charge in [-0.3, -0.25) is 0 Å². The molecule has 0 saturated heterocycles. The molecule has 4 heteroatoms. The molecule has 2 N–H and O–H groups in total. The minimum Gasteiger partial charge on any atom is -0.329 e. The van der Waals surface area contributed by atoms with Crippen molar-refractivity contribution in [2.24, 2.45) is 5.73 Å². The van der Waals surface area contributed by atoms with Gasteiger partial charge in [-0.1, -0.05) is 22.0 Å². The summed E-state index contributed by atoms with van der Waals surface area (Å²) in [5, 5.41) is 0.350. The van der Waals surface area contributed by atoms with Crippen LogP contribution in [-0.2, 0) is 0 Å². The first-order valence-electron chi connectivity index (χ1n) is 5.37. The molecule has 0 bridgehead atoms. The predicted octanol–water partition coefficient (Wildman–Crippen LogP) is 4.61. The summed E-state index contributed by atoms with van der Waals surface area (Å²) in [5.74, 6) is 0. The zero-order valence-corrected chi connectivity index (χ0v) is 12.7. The number of thioether (sulfide) groups is 1. The van der Waals surface area contributed by atoms with Crippen LogP contribution in [0.2, 0.25) is 0 Å². The largest absolute Gasteiger partial charge is 0.329 e. The number of hydrogen-bond donors (Lipinski definition) is 1. The lowest BCUT2D eigenvalue weighted by atomic mass is 10.3. The van der Waals surface area contributed by atoms with E-state index in [-0.39, 0.29) is 0 Å². The van der Waals surface area contributed by atoms with Crippen LogP contribution in [0.3, 0.4) is 0 Å². The number of hydrogen-bond acceptors (Lipinski definition) is 3. The van der Waals surface area contributed by atoms with Crippen LogP contribution in [0, 0.1) is 6.92 Å². The van der Waals surface area contributed by atoms with Gasteiger partial charge in [0.25, 0.3) is 0 Å². The van der Waals surface area contributed by atoms with E-state index in [1.54, 1.807) is 0 Å². The maximum Gasteiger partial charge on any atom is 0.0560 e. The first-order chi connectivity index (χ1) is 8.19. The highest BCUT2D eigenvalue weighted by Crippen LogP contribution is 2.38. The Kier molecular flexibility index (Phi) is 4.68. The van der Waals surface area contributed by atoms with Crippen LogP contribution in [0.5, 0.6) is 0 Å². The summed E-state index contributed by atoms with van der Waals surface area (Å²) in [5.41, 5.74) is 5.87. The van der Waals surface area contributed by atoms with Gasteiger partial charge in [0.05, 0.1) is 5.25 Å². The zero-order valence-electron chi connectivity index (χ0n) is 9.52. The Bertz CT molecular complexity index is 496. The van der Waals surface area contributed by atoms with Crippen molar-refractivity contribution in [3.05, 3.63) is 50.6 Å². The molecule has 0 aliphatic carbocycles. The molecule has 17 heavy (non-hydrogen) atoms. The predicted molar refractivity (Wildman–Crippen MR) is 80.9 cm³/mol. The van der Waals surface area contributed by atoms with Gasteiger partial charge < -0.3 is 5.73 Å². The normalized spacial score (nSPS) is 12.6. The summed E-state index contributed by atoms with van der Waals surface area (Å²) in [6, 6.07) is 12.7. The summed E-state index contributed by atoms with van der Waals surface area (Å²) in [7, 11) is 0. The third-order valence-electron chi connectivity index (χ3n) is 2.37. The van der Waals surface area contributed by atoms with Crippen LogP contribution in [0.15, 0.2) is 45.8 Å². The average molecular weight is 328 g/mol. The van der Waals surface area contributed by atoms with Gasteiger partial charge in [-0.05, 0) is 37.3 Å². The van der Waals surface area contributed by atoms with Gasteiger partial charge in [0, 0.05) is 25.7 Å². The van der Waals surface area contributed by atoms with Crippen LogP contribution < -0.4 is 5.73 Å². The second kappa shape index (κ2) is 6.05. The SMILES string of the molecule is Cc1ccc(C(CN)Sc2cccc(Br)c2)s1. The Hall–Kier alpha value is -0.290. The molecule has 1 unspecified atom stereocenters. The average Bonchev–Trinajstić information content (AvgIpc) is 2.73. The Morgan fingerprint density at radius 2 is 2.18 bits per heavy atom. The fourth-order valence-electron chi connectivity index (χ4n) is 1.55. The Labute approximate surface area is 119 Å². The Morgan fingerprint density at radius 3 is 2.76 bits per heavy atom. The second-order valence-corrected chi connectivity index (χ2v) is 7.26. The molecule has 1 nitrogen and oxygen atoms in total. The van der Waals surface area contributed by atoms with E-state index in [2.05, 4.69) is 53.2 Å². The number of nitrogens with two attached hydrogens (primary N) is 1. The van der Waals surface area contributed by atoms with E-state index in [0.717, 1.165) is 4.47 Å². The first kappa shape index (κ1) is 13.1. The maximum atomic E-state index is 5.87. The summed E-state index contributed by atoms with van der Waals surface area (Å²) < 4.78 is 1.11. The van der Waals surface area contributed by atoms with Crippen molar-refractivity contribution >= 4 is 39.0 Å². The van der Waals surface area contributed by atoms with Gasteiger partial charge >= 0.3 is 0 Å². The van der Waals surface area contributed by atoms with Gasteiger partial charge in [-0.25, -0.2) is 0 Å². The fourth-order valence-corrected chi connectivity index (χ4v) is 4.24. The molecule has 0 amide bonds. The highest BCUT2D eigenvalue weighted by molar-refractivity contribution is 9.10. The molecular weight excluding hydrogens is 314 g/mol. The van der Waals surface area contributed by atoms with E-state index in [1.807, 2.05) is 29.2 Å². The van der Waals surface area contributed by atoms with Gasteiger partial charge in [-0.15, -0.1) is 23.1 Å². The van der Waals surface area contributed by atoms with Crippen molar-refractivity contribution in [2.45, 2.75) is 17.1 Å². The van der Waals surface area contributed by atoms with Gasteiger partial charge in [0.2, 0.25) is 0 Å². The summed E-state index contributed by atoms with van der Waals surface area (Å²) in [6.07, 6.45) is 0. The van der Waals surface area contributed by atoms with Crippen molar-refractivity contribution in [1.82, 2.24) is 0 Å². The molecule has 1 atom stereocenters. The molecule has 1 aromatic heterocycles. The fraction of sp³-hybridized carbons (Fsp3) is 0.231. The molecule has 1 aromatic carbocycles. The highest BCUT2D eigenvalue weighted by atomic mass is 79.9. The van der Waals surface area contributed by atoms with Crippen LogP contribution in [0.4, 0.5) is 0 Å². The van der Waals surface area contributed by atoms with E-state index >= 15 is 0 Å². The van der Waals surface area contributed by atoms with Crippen LogP contribution in [0.25, 0.3) is 0 Å². The number of aryl methyl sites for hydroxylation is 1. The summed E-state index contributed by atoms with van der Waals surface area (Å²) in [6.45, 7) is 2.79. The summed E-state index contributed by atoms with van der Waals surface area (Å²) >= 11 is 7.15. The molecule has 90 valence electrons. The highest BCUT2D eigenvalue weighted by Gasteiger charge is 2.13. The standard InChI is InChI=1S/C13H14BrNS2/c1-9-5-6-12(16-9)13(8-15)17-11-4-2-3-10(14)7-11/h2-7,13H,8,15H2,1H3.